The van der Waals surface area contributed by atoms with Gasteiger partial charge in [0.25, 0.3) is 0 Å². The number of rotatable bonds is 4. The van der Waals surface area contributed by atoms with Crippen LogP contribution in [-0.4, -0.2) is 20.8 Å². The van der Waals surface area contributed by atoms with Crippen LogP contribution in [-0.2, 0) is 19.9 Å². The van der Waals surface area contributed by atoms with Crippen LogP contribution >= 0.6 is 10.7 Å². The number of benzene rings is 1. The molecule has 0 aliphatic carbocycles. The summed E-state index contributed by atoms with van der Waals surface area (Å²) in [6, 6.07) is 6.09. The average molecular weight is 333 g/mol. The van der Waals surface area contributed by atoms with Gasteiger partial charge in [0.2, 0.25) is 9.05 Å². The lowest BCUT2D eigenvalue weighted by Crippen LogP contribution is -2.18. The monoisotopic (exact) mass is 332 g/mol. The lowest BCUT2D eigenvalue weighted by molar-refractivity contribution is 0.330. The van der Waals surface area contributed by atoms with Crippen LogP contribution in [0.15, 0.2) is 18.2 Å². The highest BCUT2D eigenvalue weighted by atomic mass is 35.7. The highest BCUT2D eigenvalue weighted by Crippen LogP contribution is 2.35. The summed E-state index contributed by atoms with van der Waals surface area (Å²) in [5.74, 6) is 0.523. The molecule has 0 amide bonds. The normalized spacial score (nSPS) is 13.3. The summed E-state index contributed by atoms with van der Waals surface area (Å²) in [5, 5.41) is 0. The number of hydrogen-bond acceptors (Lipinski definition) is 3. The molecular formula is C16H25ClO3S. The molecule has 0 saturated heterocycles. The van der Waals surface area contributed by atoms with Crippen LogP contribution in [0.4, 0.5) is 0 Å². The number of hydrogen-bond donors (Lipinski definition) is 0. The van der Waals surface area contributed by atoms with E-state index in [0.717, 1.165) is 11.3 Å². The predicted molar refractivity (Wildman–Crippen MR) is 89.0 cm³/mol. The third-order valence-corrected chi connectivity index (χ3v) is 4.36. The summed E-state index contributed by atoms with van der Waals surface area (Å²) < 4.78 is 27.6. The lowest BCUT2D eigenvalue weighted by atomic mass is 9.80. The Labute approximate surface area is 133 Å². The molecule has 1 aromatic rings. The molecule has 0 atom stereocenters. The molecule has 0 aliphatic heterocycles. The quantitative estimate of drug-likeness (QED) is 0.775. The molecule has 0 N–H and O–H groups in total. The molecule has 21 heavy (non-hydrogen) atoms. The summed E-state index contributed by atoms with van der Waals surface area (Å²) in [7, 11) is 1.68. The average Bonchev–Trinajstić information content (AvgIpc) is 2.24. The Morgan fingerprint density at radius 1 is 1.05 bits per heavy atom. The first-order valence-corrected chi connectivity index (χ1v) is 9.49. The van der Waals surface area contributed by atoms with Gasteiger partial charge in [0.15, 0.2) is 0 Å². The standard InChI is InChI=1S/C16H25ClO3S/c1-15(2,3)12-7-8-14(13(11-12)16(4,5)6)20-9-10-21(17,18)19/h7-8,11H,9-10H2,1-6H3. The van der Waals surface area contributed by atoms with Crippen molar-refractivity contribution in [1.29, 1.82) is 0 Å². The fourth-order valence-corrected chi connectivity index (χ4v) is 2.43. The summed E-state index contributed by atoms with van der Waals surface area (Å²) in [6.07, 6.45) is 0. The molecular weight excluding hydrogens is 308 g/mol. The molecule has 1 rings (SSSR count). The van der Waals surface area contributed by atoms with E-state index < -0.39 is 9.05 Å². The molecule has 0 spiro atoms. The Morgan fingerprint density at radius 2 is 1.62 bits per heavy atom. The van der Waals surface area contributed by atoms with Gasteiger partial charge < -0.3 is 4.74 Å². The van der Waals surface area contributed by atoms with E-state index in [1.807, 2.05) is 12.1 Å². The minimum Gasteiger partial charge on any atom is -0.492 e. The van der Waals surface area contributed by atoms with Crippen molar-refractivity contribution in [3.8, 4) is 5.75 Å². The summed E-state index contributed by atoms with van der Waals surface area (Å²) in [4.78, 5) is 0. The maximum absolute atomic E-state index is 11.0. The SMILES string of the molecule is CC(C)(C)c1ccc(OCCS(=O)(=O)Cl)c(C(C)(C)C)c1. The van der Waals surface area contributed by atoms with Gasteiger partial charge in [0, 0.05) is 10.7 Å². The zero-order valence-electron chi connectivity index (χ0n) is 13.7. The van der Waals surface area contributed by atoms with Gasteiger partial charge in [-0.3, -0.25) is 0 Å². The molecule has 0 saturated carbocycles. The van der Waals surface area contributed by atoms with Crippen molar-refractivity contribution in [3.63, 3.8) is 0 Å². The third kappa shape index (κ3) is 5.87. The van der Waals surface area contributed by atoms with E-state index in [9.17, 15) is 8.42 Å². The van der Waals surface area contributed by atoms with Gasteiger partial charge in [-0.05, 0) is 28.0 Å². The van der Waals surface area contributed by atoms with E-state index in [1.165, 1.54) is 5.56 Å². The molecule has 1 aromatic carbocycles. The maximum atomic E-state index is 11.0. The van der Waals surface area contributed by atoms with E-state index in [2.05, 4.69) is 47.6 Å². The van der Waals surface area contributed by atoms with Gasteiger partial charge in [-0.2, -0.15) is 0 Å². The van der Waals surface area contributed by atoms with Gasteiger partial charge in [-0.1, -0.05) is 53.7 Å². The smallest absolute Gasteiger partial charge is 0.235 e. The van der Waals surface area contributed by atoms with Gasteiger partial charge in [0.1, 0.15) is 12.4 Å². The van der Waals surface area contributed by atoms with Crippen LogP contribution in [0, 0.1) is 0 Å². The molecule has 0 aromatic heterocycles. The third-order valence-electron chi connectivity index (χ3n) is 3.24. The fourth-order valence-electron chi connectivity index (χ4n) is 1.96. The summed E-state index contributed by atoms with van der Waals surface area (Å²) in [6.45, 7) is 12.9. The van der Waals surface area contributed by atoms with E-state index >= 15 is 0 Å². The van der Waals surface area contributed by atoms with E-state index in [0.29, 0.717) is 0 Å². The first kappa shape index (κ1) is 18.3. The van der Waals surface area contributed by atoms with Crippen molar-refractivity contribution >= 4 is 19.7 Å². The molecule has 0 fully saturated rings. The van der Waals surface area contributed by atoms with Crippen LogP contribution in [0.25, 0.3) is 0 Å². The van der Waals surface area contributed by atoms with Crippen LogP contribution in [0.2, 0.25) is 0 Å². The molecule has 0 radical (unpaired) electrons. The minimum absolute atomic E-state index is 0.0536. The lowest BCUT2D eigenvalue weighted by Gasteiger charge is -2.27. The Bertz CT molecular complexity index is 593. The van der Waals surface area contributed by atoms with Crippen molar-refractivity contribution in [1.82, 2.24) is 0 Å². The fraction of sp³-hybridized carbons (Fsp3) is 0.625. The van der Waals surface area contributed by atoms with Crippen molar-refractivity contribution in [2.75, 3.05) is 12.4 Å². The highest BCUT2D eigenvalue weighted by Gasteiger charge is 2.23. The maximum Gasteiger partial charge on any atom is 0.235 e. The van der Waals surface area contributed by atoms with Crippen LogP contribution in [0.3, 0.4) is 0 Å². The number of ether oxygens (including phenoxy) is 1. The molecule has 5 heteroatoms. The van der Waals surface area contributed by atoms with Gasteiger partial charge in [-0.15, -0.1) is 0 Å². The van der Waals surface area contributed by atoms with E-state index in [-0.39, 0.29) is 23.2 Å². The van der Waals surface area contributed by atoms with Gasteiger partial charge >= 0.3 is 0 Å². The van der Waals surface area contributed by atoms with Crippen LogP contribution < -0.4 is 4.74 Å². The second kappa shape index (κ2) is 6.17. The summed E-state index contributed by atoms with van der Waals surface area (Å²) in [5.41, 5.74) is 2.26. The second-order valence-corrected chi connectivity index (χ2v) is 10.2. The van der Waals surface area contributed by atoms with Gasteiger partial charge in [0.05, 0.1) is 5.75 Å². The first-order valence-electron chi connectivity index (χ1n) is 7.01. The topological polar surface area (TPSA) is 43.4 Å². The molecule has 3 nitrogen and oxygen atoms in total. The molecule has 0 heterocycles. The Hall–Kier alpha value is -0.740. The van der Waals surface area contributed by atoms with Crippen molar-refractivity contribution in [2.24, 2.45) is 0 Å². The molecule has 0 bridgehead atoms. The molecule has 0 aliphatic rings. The van der Waals surface area contributed by atoms with Crippen LogP contribution in [0.1, 0.15) is 52.7 Å². The number of halogens is 1. The van der Waals surface area contributed by atoms with Crippen molar-refractivity contribution < 1.29 is 13.2 Å². The van der Waals surface area contributed by atoms with Crippen LogP contribution in [0.5, 0.6) is 5.75 Å². The molecule has 120 valence electrons. The Balaban J connectivity index is 3.09. The minimum atomic E-state index is -3.53. The largest absolute Gasteiger partial charge is 0.492 e. The Kier molecular flexibility index (Phi) is 5.38. The van der Waals surface area contributed by atoms with Crippen molar-refractivity contribution in [2.45, 2.75) is 52.4 Å². The highest BCUT2D eigenvalue weighted by molar-refractivity contribution is 8.13. The molecule has 0 unspecified atom stereocenters. The first-order chi connectivity index (χ1) is 9.31. The second-order valence-electron chi connectivity index (χ2n) is 7.30. The predicted octanol–water partition coefficient (Wildman–Crippen LogP) is 4.23. The zero-order chi connectivity index (χ0) is 16.5. The van der Waals surface area contributed by atoms with Gasteiger partial charge in [-0.25, -0.2) is 8.42 Å². The van der Waals surface area contributed by atoms with E-state index in [1.54, 1.807) is 0 Å². The zero-order valence-corrected chi connectivity index (χ0v) is 15.2. The van der Waals surface area contributed by atoms with E-state index in [4.69, 9.17) is 15.4 Å². The van der Waals surface area contributed by atoms with Crippen molar-refractivity contribution in [3.05, 3.63) is 29.3 Å². The summed E-state index contributed by atoms with van der Waals surface area (Å²) >= 11 is 0. The Morgan fingerprint density at radius 3 is 2.05 bits per heavy atom.